The molecule has 0 bridgehead atoms. The average molecular weight is 223 g/mol. The molecular weight excluding hydrogens is 202 g/mol. The number of nitrogens with zero attached hydrogens (tertiary/aromatic N) is 2. The molecule has 0 aliphatic rings. The molecule has 0 aliphatic carbocycles. The third-order valence-corrected chi connectivity index (χ3v) is 2.00. The average Bonchev–Trinajstić information content (AvgIpc) is 2.23. The van der Waals surface area contributed by atoms with Crippen LogP contribution in [0, 0.1) is 12.8 Å². The first-order chi connectivity index (χ1) is 7.68. The van der Waals surface area contributed by atoms with Gasteiger partial charge in [0.15, 0.2) is 0 Å². The molecule has 90 valence electrons. The van der Waals surface area contributed by atoms with Crippen LogP contribution >= 0.6 is 0 Å². The maximum atomic E-state index is 5.48. The van der Waals surface area contributed by atoms with E-state index in [0.29, 0.717) is 5.92 Å². The van der Waals surface area contributed by atoms with Crippen LogP contribution in [0.15, 0.2) is 12.3 Å². The van der Waals surface area contributed by atoms with Crippen molar-refractivity contribution in [1.82, 2.24) is 9.97 Å². The Morgan fingerprint density at radius 2 is 2.25 bits per heavy atom. The Morgan fingerprint density at radius 3 is 2.94 bits per heavy atom. The van der Waals surface area contributed by atoms with Crippen molar-refractivity contribution in [2.45, 2.75) is 27.2 Å². The Hall–Kier alpha value is -1.16. The molecule has 1 N–H and O–H groups in total. The molecule has 4 heteroatoms. The van der Waals surface area contributed by atoms with Crippen molar-refractivity contribution in [3.05, 3.63) is 18.1 Å². The van der Waals surface area contributed by atoms with Crippen LogP contribution in [0.5, 0.6) is 0 Å². The van der Waals surface area contributed by atoms with Crippen molar-refractivity contribution in [3.8, 4) is 0 Å². The highest BCUT2D eigenvalue weighted by Gasteiger charge is 1.95. The molecule has 0 atom stereocenters. The number of rotatable bonds is 7. The van der Waals surface area contributed by atoms with Crippen LogP contribution in [-0.2, 0) is 4.74 Å². The minimum atomic E-state index is 0.609. The maximum Gasteiger partial charge on any atom is 0.129 e. The standard InChI is InChI=1S/C12H21N3O/c1-10(2)9-16-8-4-6-14-12-5-7-13-11(3)15-12/h5,7,10H,4,6,8-9H2,1-3H3,(H,13,14,15). The van der Waals surface area contributed by atoms with E-state index >= 15 is 0 Å². The van der Waals surface area contributed by atoms with Crippen LogP contribution in [0.4, 0.5) is 5.82 Å². The second-order valence-electron chi connectivity index (χ2n) is 4.24. The van der Waals surface area contributed by atoms with Crippen LogP contribution < -0.4 is 5.32 Å². The molecule has 0 saturated carbocycles. The number of aryl methyl sites for hydroxylation is 1. The minimum Gasteiger partial charge on any atom is -0.381 e. The zero-order valence-corrected chi connectivity index (χ0v) is 10.4. The molecule has 0 unspecified atom stereocenters. The lowest BCUT2D eigenvalue weighted by atomic mass is 10.2. The molecule has 1 aromatic heterocycles. The van der Waals surface area contributed by atoms with Crippen LogP contribution in [-0.4, -0.2) is 29.7 Å². The summed E-state index contributed by atoms with van der Waals surface area (Å²) < 4.78 is 5.48. The second kappa shape index (κ2) is 7.17. The minimum absolute atomic E-state index is 0.609. The lowest BCUT2D eigenvalue weighted by Gasteiger charge is -2.08. The fraction of sp³-hybridized carbons (Fsp3) is 0.667. The van der Waals surface area contributed by atoms with Gasteiger partial charge >= 0.3 is 0 Å². The first kappa shape index (κ1) is 12.9. The van der Waals surface area contributed by atoms with Gasteiger partial charge in [-0.05, 0) is 25.3 Å². The summed E-state index contributed by atoms with van der Waals surface area (Å²) in [6.07, 6.45) is 2.76. The molecule has 0 radical (unpaired) electrons. The molecule has 1 rings (SSSR count). The zero-order valence-electron chi connectivity index (χ0n) is 10.4. The van der Waals surface area contributed by atoms with E-state index in [1.807, 2.05) is 13.0 Å². The van der Waals surface area contributed by atoms with E-state index in [-0.39, 0.29) is 0 Å². The number of aromatic nitrogens is 2. The maximum absolute atomic E-state index is 5.48. The molecular formula is C12H21N3O. The summed E-state index contributed by atoms with van der Waals surface area (Å²) in [6, 6.07) is 1.88. The highest BCUT2D eigenvalue weighted by molar-refractivity contribution is 5.32. The van der Waals surface area contributed by atoms with Gasteiger partial charge in [-0.2, -0.15) is 0 Å². The van der Waals surface area contributed by atoms with Crippen molar-refractivity contribution in [1.29, 1.82) is 0 Å². The molecule has 16 heavy (non-hydrogen) atoms. The van der Waals surface area contributed by atoms with Gasteiger partial charge in [0.25, 0.3) is 0 Å². The molecule has 1 heterocycles. The summed E-state index contributed by atoms with van der Waals surface area (Å²) in [5, 5.41) is 3.24. The lowest BCUT2D eigenvalue weighted by Crippen LogP contribution is -2.09. The predicted molar refractivity (Wildman–Crippen MR) is 65.5 cm³/mol. The summed E-state index contributed by atoms with van der Waals surface area (Å²) in [7, 11) is 0. The van der Waals surface area contributed by atoms with Crippen LogP contribution in [0.1, 0.15) is 26.1 Å². The van der Waals surface area contributed by atoms with Gasteiger partial charge in [0.05, 0.1) is 0 Å². The topological polar surface area (TPSA) is 47.0 Å². The fourth-order valence-electron chi connectivity index (χ4n) is 1.26. The van der Waals surface area contributed by atoms with Crippen molar-refractivity contribution in [2.75, 3.05) is 25.1 Å². The Morgan fingerprint density at radius 1 is 1.44 bits per heavy atom. The van der Waals surface area contributed by atoms with E-state index in [1.165, 1.54) is 0 Å². The third-order valence-electron chi connectivity index (χ3n) is 2.00. The first-order valence-corrected chi connectivity index (χ1v) is 5.79. The lowest BCUT2D eigenvalue weighted by molar-refractivity contribution is 0.110. The Kier molecular flexibility index (Phi) is 5.78. The summed E-state index contributed by atoms with van der Waals surface area (Å²) in [4.78, 5) is 8.30. The normalized spacial score (nSPS) is 10.8. The monoisotopic (exact) mass is 223 g/mol. The van der Waals surface area contributed by atoms with Crippen LogP contribution in [0.2, 0.25) is 0 Å². The summed E-state index contributed by atoms with van der Waals surface area (Å²) >= 11 is 0. The third kappa shape index (κ3) is 5.66. The van der Waals surface area contributed by atoms with Gasteiger partial charge in [-0.1, -0.05) is 13.8 Å². The number of ether oxygens (including phenoxy) is 1. The SMILES string of the molecule is Cc1nccc(NCCCOCC(C)C)n1. The van der Waals surface area contributed by atoms with Gasteiger partial charge in [-0.15, -0.1) is 0 Å². The van der Waals surface area contributed by atoms with Gasteiger partial charge in [0.2, 0.25) is 0 Å². The van der Waals surface area contributed by atoms with Gasteiger partial charge in [0, 0.05) is 26.0 Å². The largest absolute Gasteiger partial charge is 0.381 e. The number of anilines is 1. The predicted octanol–water partition coefficient (Wildman–Crippen LogP) is 2.26. The molecule has 0 saturated heterocycles. The highest BCUT2D eigenvalue weighted by atomic mass is 16.5. The number of hydrogen-bond donors (Lipinski definition) is 1. The molecule has 0 amide bonds. The number of hydrogen-bond acceptors (Lipinski definition) is 4. The molecule has 0 aromatic carbocycles. The zero-order chi connectivity index (χ0) is 11.8. The van der Waals surface area contributed by atoms with Gasteiger partial charge in [-0.3, -0.25) is 0 Å². The van der Waals surface area contributed by atoms with Gasteiger partial charge in [0.1, 0.15) is 11.6 Å². The van der Waals surface area contributed by atoms with Gasteiger partial charge in [-0.25, -0.2) is 9.97 Å². The second-order valence-corrected chi connectivity index (χ2v) is 4.24. The smallest absolute Gasteiger partial charge is 0.129 e. The summed E-state index contributed by atoms with van der Waals surface area (Å²) in [5.41, 5.74) is 0. The van der Waals surface area contributed by atoms with E-state index < -0.39 is 0 Å². The molecule has 0 fully saturated rings. The quantitative estimate of drug-likeness (QED) is 0.720. The van der Waals surface area contributed by atoms with E-state index in [9.17, 15) is 0 Å². The molecule has 0 aliphatic heterocycles. The fourth-order valence-corrected chi connectivity index (χ4v) is 1.26. The van der Waals surface area contributed by atoms with Crippen LogP contribution in [0.25, 0.3) is 0 Å². The summed E-state index contributed by atoms with van der Waals surface area (Å²) in [6.45, 7) is 8.72. The van der Waals surface area contributed by atoms with E-state index in [4.69, 9.17) is 4.74 Å². The van der Waals surface area contributed by atoms with Crippen molar-refractivity contribution in [2.24, 2.45) is 5.92 Å². The Balaban J connectivity index is 2.07. The Bertz CT molecular complexity index is 302. The van der Waals surface area contributed by atoms with Crippen molar-refractivity contribution >= 4 is 5.82 Å². The Labute approximate surface area is 97.5 Å². The first-order valence-electron chi connectivity index (χ1n) is 5.79. The number of nitrogens with one attached hydrogen (secondary N) is 1. The highest BCUT2D eigenvalue weighted by Crippen LogP contribution is 2.01. The van der Waals surface area contributed by atoms with Crippen molar-refractivity contribution in [3.63, 3.8) is 0 Å². The molecule has 1 aromatic rings. The molecule has 4 nitrogen and oxygen atoms in total. The van der Waals surface area contributed by atoms with E-state index in [0.717, 1.165) is 37.8 Å². The van der Waals surface area contributed by atoms with Gasteiger partial charge < -0.3 is 10.1 Å². The van der Waals surface area contributed by atoms with Crippen molar-refractivity contribution < 1.29 is 4.74 Å². The van der Waals surface area contributed by atoms with Crippen LogP contribution in [0.3, 0.4) is 0 Å². The van der Waals surface area contributed by atoms with E-state index in [2.05, 4.69) is 29.1 Å². The summed E-state index contributed by atoms with van der Waals surface area (Å²) in [5.74, 6) is 2.29. The molecule has 0 spiro atoms. The van der Waals surface area contributed by atoms with E-state index in [1.54, 1.807) is 6.20 Å².